The van der Waals surface area contributed by atoms with Gasteiger partial charge in [-0.25, -0.2) is 0 Å². The van der Waals surface area contributed by atoms with Gasteiger partial charge < -0.3 is 5.32 Å². The maximum absolute atomic E-state index is 12.6. The van der Waals surface area contributed by atoms with Crippen LogP contribution in [0.3, 0.4) is 0 Å². The molecule has 0 aliphatic rings. The zero-order valence-corrected chi connectivity index (χ0v) is 14.1. The largest absolute Gasteiger partial charge is 0.416 e. The predicted molar refractivity (Wildman–Crippen MR) is 92.2 cm³/mol. The Labute approximate surface area is 152 Å². The van der Waals surface area contributed by atoms with E-state index in [0.717, 1.165) is 29.8 Å². The second-order valence-electron chi connectivity index (χ2n) is 5.59. The van der Waals surface area contributed by atoms with E-state index in [0.29, 0.717) is 17.3 Å². The average molecular weight is 380 g/mol. The van der Waals surface area contributed by atoms with Crippen LogP contribution in [0.25, 0.3) is 0 Å². The van der Waals surface area contributed by atoms with Crippen molar-refractivity contribution in [2.45, 2.75) is 12.7 Å². The number of benzene rings is 2. The molecular formula is C18H13ClF3N3O. The number of alkyl halides is 3. The number of rotatable bonds is 4. The highest BCUT2D eigenvalue weighted by Gasteiger charge is 2.30. The molecule has 4 nitrogen and oxygen atoms in total. The van der Waals surface area contributed by atoms with Crippen molar-refractivity contribution >= 4 is 23.2 Å². The monoisotopic (exact) mass is 379 g/mol. The summed E-state index contributed by atoms with van der Waals surface area (Å²) in [7, 11) is 0. The number of hydrogen-bond acceptors (Lipinski definition) is 2. The maximum Gasteiger partial charge on any atom is 0.416 e. The van der Waals surface area contributed by atoms with Crippen molar-refractivity contribution < 1.29 is 18.0 Å². The van der Waals surface area contributed by atoms with Crippen LogP contribution in [-0.4, -0.2) is 15.7 Å². The lowest BCUT2D eigenvalue weighted by Gasteiger charge is -2.07. The van der Waals surface area contributed by atoms with Crippen LogP contribution in [0.1, 0.15) is 21.5 Å². The Kier molecular flexibility index (Phi) is 4.99. The third-order valence-corrected chi connectivity index (χ3v) is 3.83. The molecule has 8 heteroatoms. The molecule has 0 unspecified atom stereocenters. The zero-order valence-electron chi connectivity index (χ0n) is 13.3. The molecule has 0 bridgehead atoms. The van der Waals surface area contributed by atoms with Crippen molar-refractivity contribution in [1.29, 1.82) is 0 Å². The Morgan fingerprint density at radius 2 is 1.88 bits per heavy atom. The van der Waals surface area contributed by atoms with Gasteiger partial charge in [-0.3, -0.25) is 9.48 Å². The molecule has 0 radical (unpaired) electrons. The van der Waals surface area contributed by atoms with E-state index in [9.17, 15) is 18.0 Å². The van der Waals surface area contributed by atoms with Crippen LogP contribution < -0.4 is 5.32 Å². The van der Waals surface area contributed by atoms with E-state index in [4.69, 9.17) is 11.6 Å². The summed E-state index contributed by atoms with van der Waals surface area (Å²) in [6, 6.07) is 11.3. The highest BCUT2D eigenvalue weighted by molar-refractivity contribution is 6.30. The van der Waals surface area contributed by atoms with Crippen LogP contribution in [-0.2, 0) is 12.7 Å². The smallest absolute Gasteiger partial charge is 0.319 e. The molecule has 3 aromatic rings. The summed E-state index contributed by atoms with van der Waals surface area (Å²) in [6.07, 6.45) is -1.34. The van der Waals surface area contributed by atoms with Crippen molar-refractivity contribution in [2.24, 2.45) is 0 Å². The number of aromatic nitrogens is 2. The number of carbonyl (C=O) groups is 1. The van der Waals surface area contributed by atoms with E-state index in [-0.39, 0.29) is 5.56 Å². The molecule has 2 aromatic carbocycles. The van der Waals surface area contributed by atoms with Crippen LogP contribution in [0.15, 0.2) is 60.9 Å². The van der Waals surface area contributed by atoms with Gasteiger partial charge in [0.05, 0.1) is 24.0 Å². The van der Waals surface area contributed by atoms with Crippen molar-refractivity contribution in [3.8, 4) is 0 Å². The van der Waals surface area contributed by atoms with E-state index >= 15 is 0 Å². The van der Waals surface area contributed by atoms with E-state index in [1.165, 1.54) is 6.20 Å². The fourth-order valence-corrected chi connectivity index (χ4v) is 2.56. The van der Waals surface area contributed by atoms with Crippen LogP contribution in [0, 0.1) is 0 Å². The van der Waals surface area contributed by atoms with Gasteiger partial charge in [0.15, 0.2) is 0 Å². The van der Waals surface area contributed by atoms with Gasteiger partial charge in [0.2, 0.25) is 0 Å². The fraction of sp³-hybridized carbons (Fsp3) is 0.111. The third-order valence-electron chi connectivity index (χ3n) is 3.60. The lowest BCUT2D eigenvalue weighted by molar-refractivity contribution is -0.137. The summed E-state index contributed by atoms with van der Waals surface area (Å²) in [6.45, 7) is 0.469. The molecule has 1 aromatic heterocycles. The molecule has 0 saturated carbocycles. The second kappa shape index (κ2) is 7.21. The molecule has 0 fully saturated rings. The van der Waals surface area contributed by atoms with Gasteiger partial charge in [-0.05, 0) is 42.0 Å². The van der Waals surface area contributed by atoms with Crippen molar-refractivity contribution in [1.82, 2.24) is 9.78 Å². The molecule has 134 valence electrons. The van der Waals surface area contributed by atoms with E-state index < -0.39 is 17.6 Å². The first-order valence-corrected chi connectivity index (χ1v) is 7.94. The highest BCUT2D eigenvalue weighted by Crippen LogP contribution is 2.29. The first kappa shape index (κ1) is 18.0. The fourth-order valence-electron chi connectivity index (χ4n) is 2.35. The molecular weight excluding hydrogens is 367 g/mol. The van der Waals surface area contributed by atoms with Gasteiger partial charge in [0.1, 0.15) is 0 Å². The number of hydrogen-bond donors (Lipinski definition) is 1. The number of carbonyl (C=O) groups excluding carboxylic acids is 1. The van der Waals surface area contributed by atoms with Gasteiger partial charge in [-0.2, -0.15) is 18.3 Å². The molecule has 3 rings (SSSR count). The number of halogens is 4. The lowest BCUT2D eigenvalue weighted by Crippen LogP contribution is -2.12. The van der Waals surface area contributed by atoms with Gasteiger partial charge in [0, 0.05) is 16.8 Å². The second-order valence-corrected chi connectivity index (χ2v) is 6.02. The van der Waals surface area contributed by atoms with Crippen LogP contribution in [0.5, 0.6) is 0 Å². The molecule has 0 atom stereocenters. The van der Waals surface area contributed by atoms with Crippen LogP contribution >= 0.6 is 11.6 Å². The summed E-state index contributed by atoms with van der Waals surface area (Å²) >= 11 is 5.94. The molecule has 1 heterocycles. The summed E-state index contributed by atoms with van der Waals surface area (Å²) < 4.78 is 39.3. The Morgan fingerprint density at radius 3 is 2.54 bits per heavy atom. The third kappa shape index (κ3) is 4.43. The Bertz CT molecular complexity index is 920. The minimum absolute atomic E-state index is 0.126. The van der Waals surface area contributed by atoms with Gasteiger partial charge in [0.25, 0.3) is 5.91 Å². The quantitative estimate of drug-likeness (QED) is 0.704. The Balaban J connectivity index is 1.66. The summed E-state index contributed by atoms with van der Waals surface area (Å²) in [5.41, 5.74) is 0.710. The Hall–Kier alpha value is -2.80. The van der Waals surface area contributed by atoms with Crippen LogP contribution in [0.2, 0.25) is 5.02 Å². The molecule has 0 aliphatic carbocycles. The topological polar surface area (TPSA) is 46.9 Å². The molecule has 0 aliphatic heterocycles. The maximum atomic E-state index is 12.6. The van der Waals surface area contributed by atoms with E-state index in [1.54, 1.807) is 16.9 Å². The molecule has 26 heavy (non-hydrogen) atoms. The summed E-state index contributed by atoms with van der Waals surface area (Å²) in [4.78, 5) is 12.1. The minimum atomic E-state index is -4.43. The van der Waals surface area contributed by atoms with E-state index in [1.807, 2.05) is 18.2 Å². The Morgan fingerprint density at radius 1 is 1.15 bits per heavy atom. The van der Waals surface area contributed by atoms with Gasteiger partial charge >= 0.3 is 6.18 Å². The molecule has 0 saturated heterocycles. The first-order chi connectivity index (χ1) is 12.3. The van der Waals surface area contributed by atoms with Crippen molar-refractivity contribution in [3.05, 3.63) is 82.6 Å². The number of nitrogens with one attached hydrogen (secondary N) is 1. The lowest BCUT2D eigenvalue weighted by atomic mass is 10.1. The standard InChI is InChI=1S/C18H13ClF3N3O/c19-15-3-1-2-12(8-15)10-25-11-16(9-23-25)24-17(26)13-4-6-14(7-5-13)18(20,21)22/h1-9,11H,10H2,(H,24,26). The minimum Gasteiger partial charge on any atom is -0.319 e. The first-order valence-electron chi connectivity index (χ1n) is 7.57. The highest BCUT2D eigenvalue weighted by atomic mass is 35.5. The predicted octanol–water partition coefficient (Wildman–Crippen LogP) is 4.86. The zero-order chi connectivity index (χ0) is 18.7. The summed E-state index contributed by atoms with van der Waals surface area (Å²) in [5.74, 6) is -0.513. The van der Waals surface area contributed by atoms with Crippen molar-refractivity contribution in [2.75, 3.05) is 5.32 Å². The van der Waals surface area contributed by atoms with Gasteiger partial charge in [-0.1, -0.05) is 23.7 Å². The average Bonchev–Trinajstić information content (AvgIpc) is 3.01. The van der Waals surface area contributed by atoms with Crippen LogP contribution in [0.4, 0.5) is 18.9 Å². The number of amides is 1. The van der Waals surface area contributed by atoms with Crippen molar-refractivity contribution in [3.63, 3.8) is 0 Å². The SMILES string of the molecule is O=C(Nc1cnn(Cc2cccc(Cl)c2)c1)c1ccc(C(F)(F)F)cc1. The van der Waals surface area contributed by atoms with E-state index in [2.05, 4.69) is 10.4 Å². The van der Waals surface area contributed by atoms with Gasteiger partial charge in [-0.15, -0.1) is 0 Å². The molecule has 1 amide bonds. The normalized spacial score (nSPS) is 11.4. The number of nitrogens with zero attached hydrogens (tertiary/aromatic N) is 2. The molecule has 0 spiro atoms. The number of anilines is 1. The summed E-state index contributed by atoms with van der Waals surface area (Å²) in [5, 5.41) is 7.36. The molecule has 1 N–H and O–H groups in total.